The number of hydrogen-bond donors (Lipinski definition) is 2. The second kappa shape index (κ2) is 4.59. The molecule has 0 radical (unpaired) electrons. The number of carboxylic acids is 1. The molecule has 0 bridgehead atoms. The molecule has 0 unspecified atom stereocenters. The number of aromatic amines is 1. The van der Waals surface area contributed by atoms with Crippen LogP contribution >= 0.6 is 23.4 Å². The first-order valence-electron chi connectivity index (χ1n) is 4.37. The van der Waals surface area contributed by atoms with Crippen molar-refractivity contribution in [2.45, 2.75) is 10.1 Å². The van der Waals surface area contributed by atoms with Gasteiger partial charge in [-0.05, 0) is 18.2 Å². The van der Waals surface area contributed by atoms with E-state index in [-0.39, 0.29) is 5.56 Å². The average Bonchev–Trinajstić information content (AvgIpc) is 2.73. The van der Waals surface area contributed by atoms with Crippen molar-refractivity contribution in [3.8, 4) is 0 Å². The molecule has 0 aliphatic carbocycles. The van der Waals surface area contributed by atoms with Crippen molar-refractivity contribution in [3.63, 3.8) is 0 Å². The third-order valence-electron chi connectivity index (χ3n) is 1.85. The maximum atomic E-state index is 11.0. The molecule has 6 heteroatoms. The molecular weight excluding hydrogens is 248 g/mol. The monoisotopic (exact) mass is 254 g/mol. The first-order chi connectivity index (χ1) is 7.66. The Kier molecular flexibility index (Phi) is 3.17. The summed E-state index contributed by atoms with van der Waals surface area (Å²) in [5.41, 5.74) is 0.175. The van der Waals surface area contributed by atoms with Gasteiger partial charge < -0.3 is 10.1 Å². The van der Waals surface area contributed by atoms with Crippen LogP contribution in [0.1, 0.15) is 10.4 Å². The van der Waals surface area contributed by atoms with Crippen molar-refractivity contribution >= 4 is 29.3 Å². The van der Waals surface area contributed by atoms with Crippen LogP contribution in [-0.2, 0) is 0 Å². The molecule has 0 amide bonds. The van der Waals surface area contributed by atoms with E-state index < -0.39 is 5.97 Å². The Bertz CT molecular complexity index is 514. The molecule has 16 heavy (non-hydrogen) atoms. The smallest absolute Gasteiger partial charge is 0.336 e. The molecule has 0 saturated carbocycles. The number of imidazole rings is 1. The van der Waals surface area contributed by atoms with Crippen molar-refractivity contribution in [1.29, 1.82) is 0 Å². The van der Waals surface area contributed by atoms with Crippen molar-refractivity contribution < 1.29 is 9.90 Å². The predicted molar refractivity (Wildman–Crippen MR) is 61.1 cm³/mol. The van der Waals surface area contributed by atoms with Gasteiger partial charge in [0, 0.05) is 22.3 Å². The molecule has 2 rings (SSSR count). The molecule has 2 aromatic rings. The fourth-order valence-electron chi connectivity index (χ4n) is 1.17. The van der Waals surface area contributed by atoms with E-state index in [1.807, 2.05) is 0 Å². The van der Waals surface area contributed by atoms with Crippen LogP contribution in [0, 0.1) is 0 Å². The maximum Gasteiger partial charge on any atom is 0.336 e. The van der Waals surface area contributed by atoms with Gasteiger partial charge in [-0.1, -0.05) is 23.4 Å². The summed E-state index contributed by atoms with van der Waals surface area (Å²) in [5.74, 6) is -1.00. The Morgan fingerprint density at radius 2 is 2.31 bits per heavy atom. The molecule has 4 nitrogen and oxygen atoms in total. The Balaban J connectivity index is 2.36. The molecule has 1 aromatic heterocycles. The highest BCUT2D eigenvalue weighted by atomic mass is 35.5. The summed E-state index contributed by atoms with van der Waals surface area (Å²) < 4.78 is 0. The van der Waals surface area contributed by atoms with Crippen LogP contribution in [0.4, 0.5) is 0 Å². The van der Waals surface area contributed by atoms with Gasteiger partial charge in [-0.15, -0.1) is 0 Å². The van der Waals surface area contributed by atoms with Gasteiger partial charge in [0.05, 0.1) is 5.56 Å². The van der Waals surface area contributed by atoms with Gasteiger partial charge in [0.25, 0.3) is 0 Å². The molecule has 0 atom stereocenters. The second-order valence-electron chi connectivity index (χ2n) is 2.94. The van der Waals surface area contributed by atoms with Gasteiger partial charge in [-0.2, -0.15) is 0 Å². The van der Waals surface area contributed by atoms with Gasteiger partial charge in [0.1, 0.15) is 0 Å². The summed E-state index contributed by atoms with van der Waals surface area (Å²) in [5, 5.41) is 10.1. The van der Waals surface area contributed by atoms with E-state index in [0.717, 1.165) is 0 Å². The molecule has 82 valence electrons. The summed E-state index contributed by atoms with van der Waals surface area (Å²) in [4.78, 5) is 18.5. The van der Waals surface area contributed by atoms with E-state index in [9.17, 15) is 4.79 Å². The number of rotatable bonds is 3. The lowest BCUT2D eigenvalue weighted by Gasteiger charge is -2.03. The molecule has 0 aliphatic heterocycles. The first kappa shape index (κ1) is 11.0. The standard InChI is InChI=1S/C10H7ClN2O2S/c11-6-1-2-8(7(5-6)9(14)15)16-10-12-3-4-13-10/h1-5H,(H,12,13)(H,14,15). The molecule has 1 aromatic carbocycles. The maximum absolute atomic E-state index is 11.0. The fourth-order valence-corrected chi connectivity index (χ4v) is 2.18. The van der Waals surface area contributed by atoms with Crippen LogP contribution in [0.2, 0.25) is 5.02 Å². The minimum atomic E-state index is -1.00. The quantitative estimate of drug-likeness (QED) is 0.884. The Morgan fingerprint density at radius 3 is 2.94 bits per heavy atom. The van der Waals surface area contributed by atoms with Crippen LogP contribution in [0.5, 0.6) is 0 Å². The Labute approximate surface area is 101 Å². The number of aromatic carboxylic acids is 1. The van der Waals surface area contributed by atoms with Crippen LogP contribution in [0.3, 0.4) is 0 Å². The molecule has 0 fully saturated rings. The zero-order valence-corrected chi connectivity index (χ0v) is 9.55. The van der Waals surface area contributed by atoms with Crippen molar-refractivity contribution in [3.05, 3.63) is 41.2 Å². The van der Waals surface area contributed by atoms with Crippen LogP contribution in [-0.4, -0.2) is 21.0 Å². The lowest BCUT2D eigenvalue weighted by molar-refractivity contribution is 0.0693. The number of carbonyl (C=O) groups is 1. The zero-order chi connectivity index (χ0) is 11.5. The number of hydrogen-bond acceptors (Lipinski definition) is 3. The number of aromatic nitrogens is 2. The van der Waals surface area contributed by atoms with Gasteiger partial charge >= 0.3 is 5.97 Å². The van der Waals surface area contributed by atoms with E-state index in [1.54, 1.807) is 24.5 Å². The number of carboxylic acid groups (broad SMARTS) is 1. The normalized spacial score (nSPS) is 10.3. The van der Waals surface area contributed by atoms with E-state index in [4.69, 9.17) is 16.7 Å². The number of nitrogens with zero attached hydrogens (tertiary/aromatic N) is 1. The Morgan fingerprint density at radius 1 is 1.50 bits per heavy atom. The lowest BCUT2D eigenvalue weighted by Crippen LogP contribution is -1.98. The topological polar surface area (TPSA) is 66.0 Å². The van der Waals surface area contributed by atoms with Gasteiger partial charge in [-0.25, -0.2) is 9.78 Å². The number of halogens is 1. The third-order valence-corrected chi connectivity index (χ3v) is 3.08. The summed E-state index contributed by atoms with van der Waals surface area (Å²) in [7, 11) is 0. The molecule has 2 N–H and O–H groups in total. The highest BCUT2D eigenvalue weighted by Crippen LogP contribution is 2.29. The molecule has 0 aliphatic rings. The molecule has 0 saturated heterocycles. The molecular formula is C10H7ClN2O2S. The first-order valence-corrected chi connectivity index (χ1v) is 5.56. The largest absolute Gasteiger partial charge is 0.478 e. The van der Waals surface area contributed by atoms with Crippen LogP contribution in [0.25, 0.3) is 0 Å². The van der Waals surface area contributed by atoms with E-state index >= 15 is 0 Å². The fraction of sp³-hybridized carbons (Fsp3) is 0. The van der Waals surface area contributed by atoms with E-state index in [2.05, 4.69) is 9.97 Å². The summed E-state index contributed by atoms with van der Waals surface area (Å²) in [6.07, 6.45) is 3.29. The minimum Gasteiger partial charge on any atom is -0.478 e. The van der Waals surface area contributed by atoms with Crippen LogP contribution in [0.15, 0.2) is 40.6 Å². The molecule has 1 heterocycles. The number of benzene rings is 1. The van der Waals surface area contributed by atoms with E-state index in [1.165, 1.54) is 17.8 Å². The highest BCUT2D eigenvalue weighted by Gasteiger charge is 2.12. The van der Waals surface area contributed by atoms with Gasteiger partial charge in [0.2, 0.25) is 0 Å². The zero-order valence-electron chi connectivity index (χ0n) is 7.98. The van der Waals surface area contributed by atoms with Crippen molar-refractivity contribution in [1.82, 2.24) is 9.97 Å². The second-order valence-corrected chi connectivity index (χ2v) is 4.41. The average molecular weight is 255 g/mol. The van der Waals surface area contributed by atoms with Gasteiger partial charge in [0.15, 0.2) is 5.16 Å². The van der Waals surface area contributed by atoms with E-state index in [0.29, 0.717) is 15.1 Å². The van der Waals surface area contributed by atoms with Crippen LogP contribution < -0.4 is 0 Å². The summed E-state index contributed by atoms with van der Waals surface area (Å²) in [6.45, 7) is 0. The van der Waals surface area contributed by atoms with Gasteiger partial charge in [-0.3, -0.25) is 0 Å². The van der Waals surface area contributed by atoms with Crippen molar-refractivity contribution in [2.24, 2.45) is 0 Å². The summed E-state index contributed by atoms with van der Waals surface area (Å²) >= 11 is 7.00. The Hall–Kier alpha value is -1.46. The SMILES string of the molecule is O=C(O)c1cc(Cl)ccc1Sc1ncc[nH]1. The summed E-state index contributed by atoms with van der Waals surface area (Å²) in [6, 6.07) is 4.74. The minimum absolute atomic E-state index is 0.175. The third kappa shape index (κ3) is 2.37. The lowest BCUT2D eigenvalue weighted by atomic mass is 10.2. The van der Waals surface area contributed by atoms with Crippen molar-refractivity contribution in [2.75, 3.05) is 0 Å². The highest BCUT2D eigenvalue weighted by molar-refractivity contribution is 7.99. The number of H-pyrrole nitrogens is 1. The number of nitrogens with one attached hydrogen (secondary N) is 1. The molecule has 0 spiro atoms. The predicted octanol–water partition coefficient (Wildman–Crippen LogP) is 2.91.